The summed E-state index contributed by atoms with van der Waals surface area (Å²) in [5.41, 5.74) is 0. The summed E-state index contributed by atoms with van der Waals surface area (Å²) in [6.45, 7) is 0. The first kappa shape index (κ1) is 16.2. The van der Waals surface area contributed by atoms with E-state index >= 15 is 0 Å². The molecule has 0 aliphatic heterocycles. The van der Waals surface area contributed by atoms with Crippen molar-refractivity contribution in [3.63, 3.8) is 0 Å². The van der Waals surface area contributed by atoms with Crippen LogP contribution in [0.1, 0.15) is 64.2 Å². The molecule has 3 heteroatoms. The summed E-state index contributed by atoms with van der Waals surface area (Å²) < 4.78 is 0. The average Bonchev–Trinajstić information content (AvgIpc) is 2.21. The third kappa shape index (κ3) is 8.97. The molecule has 0 aromatic rings. The van der Waals surface area contributed by atoms with E-state index in [4.69, 9.17) is 25.3 Å². The van der Waals surface area contributed by atoms with Crippen LogP contribution < -0.4 is 0 Å². The van der Waals surface area contributed by atoms with Crippen LogP contribution in [0.2, 0.25) is 0 Å². The first-order valence-corrected chi connectivity index (χ1v) is 7.05. The second-order valence-electron chi connectivity index (χ2n) is 4.52. The number of rotatable bonds is 0. The van der Waals surface area contributed by atoms with Gasteiger partial charge in [-0.15, -0.1) is 0 Å². The van der Waals surface area contributed by atoms with Crippen molar-refractivity contribution < 1.29 is 17.1 Å². The van der Waals surface area contributed by atoms with Crippen molar-refractivity contribution >= 4 is 25.3 Å². The monoisotopic (exact) mass is 293 g/mol. The Morgan fingerprint density at radius 1 is 0.533 bits per heavy atom. The third-order valence-electron chi connectivity index (χ3n) is 3.10. The van der Waals surface area contributed by atoms with Crippen LogP contribution in [0, 0.1) is 0 Å². The minimum absolute atomic E-state index is 0. The molecular weight excluding hydrogens is 272 g/mol. The molecule has 0 bridgehead atoms. The quantitative estimate of drug-likeness (QED) is 0.493. The Bertz CT molecular complexity index is 114. The summed E-state index contributed by atoms with van der Waals surface area (Å²) in [7, 11) is 0. The standard InChI is InChI=1S/2C6H12S.Cu/c2*7-6-4-2-1-3-5-6;/h2*6-7H,1-5H2;/q;;+2/p-2. The van der Waals surface area contributed by atoms with Crippen molar-refractivity contribution in [3.05, 3.63) is 0 Å². The molecule has 2 aliphatic carbocycles. The van der Waals surface area contributed by atoms with Crippen LogP contribution in [0.25, 0.3) is 0 Å². The minimum Gasteiger partial charge on any atom is -0.789 e. The van der Waals surface area contributed by atoms with E-state index in [1.165, 1.54) is 64.2 Å². The van der Waals surface area contributed by atoms with E-state index in [-0.39, 0.29) is 17.1 Å². The topological polar surface area (TPSA) is 0 Å². The van der Waals surface area contributed by atoms with E-state index in [9.17, 15) is 0 Å². The smallest absolute Gasteiger partial charge is 0.789 e. The van der Waals surface area contributed by atoms with Gasteiger partial charge in [-0.05, 0) is 0 Å². The van der Waals surface area contributed by atoms with Crippen molar-refractivity contribution in [2.45, 2.75) is 74.7 Å². The van der Waals surface area contributed by atoms with Crippen molar-refractivity contribution in [1.82, 2.24) is 0 Å². The maximum Gasteiger partial charge on any atom is 2.00 e. The molecule has 15 heavy (non-hydrogen) atoms. The van der Waals surface area contributed by atoms with Crippen molar-refractivity contribution in [2.75, 3.05) is 0 Å². The van der Waals surface area contributed by atoms with E-state index in [2.05, 4.69) is 0 Å². The van der Waals surface area contributed by atoms with Crippen LogP contribution in [-0.4, -0.2) is 10.5 Å². The SMILES string of the molecule is [Cu+2].[S-]C1CCCCC1.[S-]C1CCCCC1. The molecule has 1 radical (unpaired) electrons. The van der Waals surface area contributed by atoms with Gasteiger partial charge < -0.3 is 25.3 Å². The van der Waals surface area contributed by atoms with E-state index in [1.54, 1.807) is 0 Å². The van der Waals surface area contributed by atoms with Crippen LogP contribution in [0.5, 0.6) is 0 Å². The third-order valence-corrected chi connectivity index (χ3v) is 4.05. The van der Waals surface area contributed by atoms with Gasteiger partial charge in [0.05, 0.1) is 0 Å². The molecule has 2 saturated carbocycles. The molecule has 0 heterocycles. The molecular formula is C12H22CuS2. The predicted molar refractivity (Wildman–Crippen MR) is 68.5 cm³/mol. The van der Waals surface area contributed by atoms with E-state index in [1.807, 2.05) is 0 Å². The van der Waals surface area contributed by atoms with Crippen LogP contribution in [0.3, 0.4) is 0 Å². The summed E-state index contributed by atoms with van der Waals surface area (Å²) in [6.07, 6.45) is 13.6. The van der Waals surface area contributed by atoms with Crippen LogP contribution in [0.15, 0.2) is 0 Å². The van der Waals surface area contributed by atoms with Crippen molar-refractivity contribution in [2.24, 2.45) is 0 Å². The summed E-state index contributed by atoms with van der Waals surface area (Å²) in [5, 5.41) is 1.24. The fraction of sp³-hybridized carbons (Fsp3) is 1.00. The van der Waals surface area contributed by atoms with Crippen LogP contribution >= 0.6 is 0 Å². The average molecular weight is 294 g/mol. The van der Waals surface area contributed by atoms with Crippen molar-refractivity contribution in [1.29, 1.82) is 0 Å². The fourth-order valence-electron chi connectivity index (χ4n) is 2.13. The first-order chi connectivity index (χ1) is 6.79. The summed E-state index contributed by atoms with van der Waals surface area (Å²) >= 11 is 10.2. The van der Waals surface area contributed by atoms with E-state index < -0.39 is 0 Å². The maximum atomic E-state index is 5.09. The second kappa shape index (κ2) is 10.4. The number of hydrogen-bond acceptors (Lipinski definition) is 2. The Morgan fingerprint density at radius 2 is 0.800 bits per heavy atom. The van der Waals surface area contributed by atoms with Gasteiger partial charge in [-0.1, -0.05) is 64.2 Å². The Balaban J connectivity index is 0.000000245. The van der Waals surface area contributed by atoms with Crippen LogP contribution in [-0.2, 0) is 42.3 Å². The molecule has 0 unspecified atom stereocenters. The minimum atomic E-state index is 0. The van der Waals surface area contributed by atoms with Gasteiger partial charge >= 0.3 is 17.1 Å². The van der Waals surface area contributed by atoms with Gasteiger partial charge in [-0.25, -0.2) is 0 Å². The molecule has 0 N–H and O–H groups in total. The molecule has 0 spiro atoms. The first-order valence-electron chi connectivity index (χ1n) is 6.10. The Labute approximate surface area is 117 Å². The van der Waals surface area contributed by atoms with Gasteiger partial charge in [0.25, 0.3) is 0 Å². The molecule has 93 valence electrons. The zero-order valence-electron chi connectivity index (χ0n) is 9.34. The zero-order valence-corrected chi connectivity index (χ0v) is 11.9. The molecule has 0 nitrogen and oxygen atoms in total. The Kier molecular flexibility index (Phi) is 11.2. The molecule has 0 saturated heterocycles. The van der Waals surface area contributed by atoms with Gasteiger partial charge in [-0.2, -0.15) is 10.5 Å². The summed E-state index contributed by atoms with van der Waals surface area (Å²) in [4.78, 5) is 0. The normalized spacial score (nSPS) is 23.6. The van der Waals surface area contributed by atoms with E-state index in [0.717, 1.165) is 0 Å². The summed E-state index contributed by atoms with van der Waals surface area (Å²) in [5.74, 6) is 0. The zero-order chi connectivity index (χ0) is 10.2. The molecule has 2 rings (SSSR count). The van der Waals surface area contributed by atoms with Gasteiger partial charge in [0.2, 0.25) is 0 Å². The molecule has 0 aromatic heterocycles. The van der Waals surface area contributed by atoms with Crippen LogP contribution in [0.4, 0.5) is 0 Å². The second-order valence-corrected chi connectivity index (χ2v) is 5.85. The molecule has 0 aromatic carbocycles. The molecule has 2 aliphatic rings. The van der Waals surface area contributed by atoms with Crippen molar-refractivity contribution in [3.8, 4) is 0 Å². The predicted octanol–water partition coefficient (Wildman–Crippen LogP) is 3.73. The maximum absolute atomic E-state index is 5.09. The molecule has 0 amide bonds. The Hall–Kier alpha value is 1.22. The van der Waals surface area contributed by atoms with Gasteiger partial charge in [0.15, 0.2) is 0 Å². The summed E-state index contributed by atoms with van der Waals surface area (Å²) in [6, 6.07) is 0. The number of hydrogen-bond donors (Lipinski definition) is 0. The molecule has 2 fully saturated rings. The van der Waals surface area contributed by atoms with Gasteiger partial charge in [0.1, 0.15) is 0 Å². The fourth-order valence-corrected chi connectivity index (χ4v) is 2.80. The van der Waals surface area contributed by atoms with E-state index in [0.29, 0.717) is 10.5 Å². The van der Waals surface area contributed by atoms with Gasteiger partial charge in [0, 0.05) is 0 Å². The largest absolute Gasteiger partial charge is 2.00 e. The Morgan fingerprint density at radius 3 is 0.933 bits per heavy atom. The molecule has 0 atom stereocenters. The van der Waals surface area contributed by atoms with Gasteiger partial charge in [-0.3, -0.25) is 0 Å².